The van der Waals surface area contributed by atoms with E-state index in [-0.39, 0.29) is 0 Å². The molecule has 0 aliphatic heterocycles. The van der Waals surface area contributed by atoms with E-state index in [0.717, 1.165) is 19.7 Å². The summed E-state index contributed by atoms with van der Waals surface area (Å²) < 4.78 is 5.04. The Balaban J connectivity index is 3.88. The molecule has 0 rings (SSSR count). The highest BCUT2D eigenvalue weighted by atomic mass is 32.2. The summed E-state index contributed by atoms with van der Waals surface area (Å²) in [5, 5.41) is 3.50. The van der Waals surface area contributed by atoms with E-state index in [1.165, 1.54) is 25.0 Å². The lowest BCUT2D eigenvalue weighted by atomic mass is 9.80. The number of hydrogen-bond acceptors (Lipinski definition) is 3. The fourth-order valence-electron chi connectivity index (χ4n) is 1.79. The third-order valence-electron chi connectivity index (χ3n) is 3.32. The Kier molecular flexibility index (Phi) is 9.66. The van der Waals surface area contributed by atoms with Gasteiger partial charge in [0, 0.05) is 20.2 Å². The van der Waals surface area contributed by atoms with Crippen molar-refractivity contribution in [3.05, 3.63) is 0 Å². The van der Waals surface area contributed by atoms with Gasteiger partial charge in [0.2, 0.25) is 0 Å². The Morgan fingerprint density at radius 1 is 1.27 bits per heavy atom. The van der Waals surface area contributed by atoms with Crippen molar-refractivity contribution in [3.8, 4) is 0 Å². The minimum Gasteiger partial charge on any atom is -0.383 e. The molecule has 0 radical (unpaired) electrons. The molecule has 0 aromatic heterocycles. The van der Waals surface area contributed by atoms with Crippen molar-refractivity contribution in [2.45, 2.75) is 33.1 Å². The highest BCUT2D eigenvalue weighted by Crippen LogP contribution is 2.30. The average molecular weight is 233 g/mol. The maximum Gasteiger partial charge on any atom is 0.0587 e. The summed E-state index contributed by atoms with van der Waals surface area (Å²) in [4.78, 5) is 0. The smallest absolute Gasteiger partial charge is 0.0587 e. The van der Waals surface area contributed by atoms with Gasteiger partial charge in [-0.1, -0.05) is 13.8 Å². The van der Waals surface area contributed by atoms with E-state index in [2.05, 4.69) is 25.4 Å². The maximum absolute atomic E-state index is 5.04. The summed E-state index contributed by atoms with van der Waals surface area (Å²) in [6.45, 7) is 7.52. The van der Waals surface area contributed by atoms with Crippen molar-refractivity contribution in [1.82, 2.24) is 5.32 Å². The van der Waals surface area contributed by atoms with Gasteiger partial charge in [-0.2, -0.15) is 11.8 Å². The average Bonchev–Trinajstić information content (AvgIpc) is 2.29. The summed E-state index contributed by atoms with van der Waals surface area (Å²) in [7, 11) is 1.75. The third kappa shape index (κ3) is 6.44. The number of methoxy groups -OCH3 is 1. The van der Waals surface area contributed by atoms with Crippen LogP contribution in [0.2, 0.25) is 0 Å². The second-order valence-corrected chi connectivity index (χ2v) is 5.11. The van der Waals surface area contributed by atoms with Gasteiger partial charge in [-0.25, -0.2) is 0 Å². The molecule has 0 aromatic carbocycles. The Bertz CT molecular complexity index is 138. The molecule has 0 saturated heterocycles. The quantitative estimate of drug-likeness (QED) is 0.586. The summed E-state index contributed by atoms with van der Waals surface area (Å²) in [5.41, 5.74) is 0.497. The molecule has 0 saturated carbocycles. The lowest BCUT2D eigenvalue weighted by Crippen LogP contribution is -2.35. The highest BCUT2D eigenvalue weighted by molar-refractivity contribution is 7.98. The van der Waals surface area contributed by atoms with E-state index in [9.17, 15) is 0 Å². The number of rotatable bonds is 10. The molecule has 2 nitrogen and oxygen atoms in total. The number of nitrogens with one attached hydrogen (secondary N) is 1. The van der Waals surface area contributed by atoms with Gasteiger partial charge in [0.25, 0.3) is 0 Å². The van der Waals surface area contributed by atoms with Crippen LogP contribution in [0, 0.1) is 5.41 Å². The van der Waals surface area contributed by atoms with E-state index < -0.39 is 0 Å². The van der Waals surface area contributed by atoms with Crippen LogP contribution >= 0.6 is 11.8 Å². The number of hydrogen-bond donors (Lipinski definition) is 1. The SMILES string of the molecule is CCC(CC)(CCSC)CNCCOC. The second kappa shape index (κ2) is 9.49. The molecule has 0 bridgehead atoms. The Hall–Kier alpha value is 0.270. The highest BCUT2D eigenvalue weighted by Gasteiger charge is 2.24. The Labute approximate surface area is 99.5 Å². The fraction of sp³-hybridized carbons (Fsp3) is 1.00. The number of ether oxygens (including phenoxy) is 1. The summed E-state index contributed by atoms with van der Waals surface area (Å²) >= 11 is 1.95. The van der Waals surface area contributed by atoms with Crippen molar-refractivity contribution in [2.24, 2.45) is 5.41 Å². The monoisotopic (exact) mass is 233 g/mol. The van der Waals surface area contributed by atoms with E-state index in [4.69, 9.17) is 4.74 Å². The van der Waals surface area contributed by atoms with Gasteiger partial charge in [-0.15, -0.1) is 0 Å². The molecular weight excluding hydrogens is 206 g/mol. The third-order valence-corrected chi connectivity index (χ3v) is 3.93. The minimum atomic E-state index is 0.497. The molecule has 15 heavy (non-hydrogen) atoms. The predicted molar refractivity (Wildman–Crippen MR) is 70.8 cm³/mol. The van der Waals surface area contributed by atoms with Gasteiger partial charge in [0.15, 0.2) is 0 Å². The zero-order chi connectivity index (χ0) is 11.6. The van der Waals surface area contributed by atoms with Gasteiger partial charge in [-0.3, -0.25) is 0 Å². The zero-order valence-corrected chi connectivity index (χ0v) is 11.6. The van der Waals surface area contributed by atoms with Crippen LogP contribution in [0.4, 0.5) is 0 Å². The second-order valence-electron chi connectivity index (χ2n) is 4.12. The van der Waals surface area contributed by atoms with Crippen LogP contribution in [0.1, 0.15) is 33.1 Å². The van der Waals surface area contributed by atoms with Crippen LogP contribution in [0.15, 0.2) is 0 Å². The van der Waals surface area contributed by atoms with Gasteiger partial charge in [0.05, 0.1) is 6.61 Å². The molecule has 0 aliphatic rings. The first-order chi connectivity index (χ1) is 7.24. The molecule has 0 aliphatic carbocycles. The van der Waals surface area contributed by atoms with E-state index in [1.54, 1.807) is 7.11 Å². The normalized spacial score (nSPS) is 12.0. The zero-order valence-electron chi connectivity index (χ0n) is 10.8. The topological polar surface area (TPSA) is 21.3 Å². The Morgan fingerprint density at radius 3 is 2.40 bits per heavy atom. The van der Waals surface area contributed by atoms with Crippen LogP contribution < -0.4 is 5.32 Å². The van der Waals surface area contributed by atoms with Crippen molar-refractivity contribution in [2.75, 3.05) is 38.8 Å². The maximum atomic E-state index is 5.04. The Morgan fingerprint density at radius 2 is 1.93 bits per heavy atom. The minimum absolute atomic E-state index is 0.497. The largest absolute Gasteiger partial charge is 0.383 e. The van der Waals surface area contributed by atoms with E-state index in [1.807, 2.05) is 11.8 Å². The van der Waals surface area contributed by atoms with Crippen molar-refractivity contribution in [1.29, 1.82) is 0 Å². The van der Waals surface area contributed by atoms with E-state index >= 15 is 0 Å². The summed E-state index contributed by atoms with van der Waals surface area (Å²) in [6.07, 6.45) is 6.05. The first-order valence-electron chi connectivity index (χ1n) is 5.93. The van der Waals surface area contributed by atoms with Gasteiger partial charge < -0.3 is 10.1 Å². The molecule has 0 aromatic rings. The summed E-state index contributed by atoms with van der Waals surface area (Å²) in [6, 6.07) is 0. The van der Waals surface area contributed by atoms with Crippen LogP contribution in [0.25, 0.3) is 0 Å². The summed E-state index contributed by atoms with van der Waals surface area (Å²) in [5.74, 6) is 1.27. The fourth-order valence-corrected chi connectivity index (χ4v) is 2.43. The van der Waals surface area contributed by atoms with Gasteiger partial charge >= 0.3 is 0 Å². The molecule has 0 heterocycles. The molecule has 3 heteroatoms. The molecule has 92 valence electrons. The molecule has 0 unspecified atom stereocenters. The van der Waals surface area contributed by atoms with Crippen LogP contribution in [-0.2, 0) is 4.74 Å². The van der Waals surface area contributed by atoms with Crippen LogP contribution in [0.3, 0.4) is 0 Å². The first kappa shape index (κ1) is 15.3. The van der Waals surface area contributed by atoms with Gasteiger partial charge in [0.1, 0.15) is 0 Å². The van der Waals surface area contributed by atoms with Crippen molar-refractivity contribution in [3.63, 3.8) is 0 Å². The van der Waals surface area contributed by atoms with Crippen molar-refractivity contribution >= 4 is 11.8 Å². The predicted octanol–water partition coefficient (Wildman–Crippen LogP) is 2.78. The molecule has 0 spiro atoms. The van der Waals surface area contributed by atoms with Gasteiger partial charge in [-0.05, 0) is 36.7 Å². The first-order valence-corrected chi connectivity index (χ1v) is 7.32. The van der Waals surface area contributed by atoms with Crippen LogP contribution in [0.5, 0.6) is 0 Å². The molecular formula is C12H27NOS. The van der Waals surface area contributed by atoms with Crippen molar-refractivity contribution < 1.29 is 4.74 Å². The van der Waals surface area contributed by atoms with Crippen LogP contribution in [-0.4, -0.2) is 38.8 Å². The molecule has 0 atom stereocenters. The molecule has 0 fully saturated rings. The molecule has 1 N–H and O–H groups in total. The lowest BCUT2D eigenvalue weighted by Gasteiger charge is -2.32. The standard InChI is InChI=1S/C12H27NOS/c1-5-12(6-2,7-10-15-4)11-13-8-9-14-3/h13H,5-11H2,1-4H3. The van der Waals surface area contributed by atoms with E-state index in [0.29, 0.717) is 5.41 Å². The molecule has 0 amide bonds. The number of thioether (sulfide) groups is 1. The lowest BCUT2D eigenvalue weighted by molar-refractivity contribution is 0.184.